The number of aryl methyl sites for hydroxylation is 1. The van der Waals surface area contributed by atoms with E-state index in [-0.39, 0.29) is 11.7 Å². The van der Waals surface area contributed by atoms with Crippen molar-refractivity contribution >= 4 is 23.2 Å². The van der Waals surface area contributed by atoms with Gasteiger partial charge in [0.2, 0.25) is 0 Å². The molecule has 3 rings (SSSR count). The Morgan fingerprint density at radius 2 is 1.83 bits per heavy atom. The van der Waals surface area contributed by atoms with Crippen molar-refractivity contribution in [1.82, 2.24) is 4.98 Å². The molecular formula is C19H14ClFN2O. The fourth-order valence-electron chi connectivity index (χ4n) is 2.19. The Morgan fingerprint density at radius 1 is 1.08 bits per heavy atom. The molecule has 1 N–H and O–H groups in total. The van der Waals surface area contributed by atoms with Crippen molar-refractivity contribution in [3.8, 4) is 11.3 Å². The van der Waals surface area contributed by atoms with Crippen molar-refractivity contribution in [2.75, 3.05) is 5.32 Å². The molecule has 0 radical (unpaired) electrons. The number of nitrogens with zero attached hydrogens (tertiary/aromatic N) is 1. The lowest BCUT2D eigenvalue weighted by atomic mass is 10.1. The first-order valence-electron chi connectivity index (χ1n) is 7.32. The molecule has 120 valence electrons. The number of carbonyl (C=O) groups is 1. The number of carbonyl (C=O) groups excluding carboxylic acids is 1. The van der Waals surface area contributed by atoms with Crippen LogP contribution in [0.1, 0.15) is 15.9 Å². The molecule has 0 atom stereocenters. The fraction of sp³-hybridized carbons (Fsp3) is 0.0526. The van der Waals surface area contributed by atoms with Gasteiger partial charge in [-0.15, -0.1) is 0 Å². The van der Waals surface area contributed by atoms with E-state index in [0.29, 0.717) is 22.0 Å². The van der Waals surface area contributed by atoms with E-state index >= 15 is 0 Å². The van der Waals surface area contributed by atoms with Crippen LogP contribution >= 0.6 is 11.6 Å². The molecule has 0 unspecified atom stereocenters. The number of pyridine rings is 1. The Balaban J connectivity index is 1.76. The number of benzene rings is 2. The van der Waals surface area contributed by atoms with Crippen molar-refractivity contribution < 1.29 is 9.18 Å². The number of hydrogen-bond acceptors (Lipinski definition) is 2. The van der Waals surface area contributed by atoms with Crippen molar-refractivity contribution in [2.24, 2.45) is 0 Å². The Kier molecular flexibility index (Phi) is 4.58. The molecule has 0 fully saturated rings. The summed E-state index contributed by atoms with van der Waals surface area (Å²) >= 11 is 6.05. The lowest BCUT2D eigenvalue weighted by Gasteiger charge is -2.07. The van der Waals surface area contributed by atoms with Gasteiger partial charge in [-0.1, -0.05) is 17.7 Å². The summed E-state index contributed by atoms with van der Waals surface area (Å²) in [7, 11) is 0. The SMILES string of the molecule is Cc1ccc(NC(=O)c2ccc(-c3ccc(F)cc3)nc2)cc1Cl. The average molecular weight is 341 g/mol. The third kappa shape index (κ3) is 3.60. The van der Waals surface area contributed by atoms with E-state index < -0.39 is 0 Å². The zero-order valence-corrected chi connectivity index (χ0v) is 13.6. The monoisotopic (exact) mass is 340 g/mol. The summed E-state index contributed by atoms with van der Waals surface area (Å²) in [5.41, 5.74) is 3.45. The minimum absolute atomic E-state index is 0.270. The highest BCUT2D eigenvalue weighted by atomic mass is 35.5. The van der Waals surface area contributed by atoms with Crippen LogP contribution < -0.4 is 5.32 Å². The van der Waals surface area contributed by atoms with Crippen molar-refractivity contribution in [2.45, 2.75) is 6.92 Å². The maximum atomic E-state index is 12.9. The van der Waals surface area contributed by atoms with Crippen LogP contribution in [0.3, 0.4) is 0 Å². The number of rotatable bonds is 3. The van der Waals surface area contributed by atoms with E-state index in [2.05, 4.69) is 10.3 Å². The molecule has 0 aliphatic rings. The second-order valence-electron chi connectivity index (χ2n) is 5.36. The van der Waals surface area contributed by atoms with E-state index in [1.165, 1.54) is 18.3 Å². The lowest BCUT2D eigenvalue weighted by molar-refractivity contribution is 0.102. The molecule has 0 bridgehead atoms. The summed E-state index contributed by atoms with van der Waals surface area (Å²) in [6.07, 6.45) is 1.49. The average Bonchev–Trinajstić information content (AvgIpc) is 2.59. The molecule has 24 heavy (non-hydrogen) atoms. The molecule has 2 aromatic carbocycles. The third-order valence-electron chi connectivity index (χ3n) is 3.60. The van der Waals surface area contributed by atoms with Gasteiger partial charge in [0.05, 0.1) is 11.3 Å². The normalized spacial score (nSPS) is 10.5. The summed E-state index contributed by atoms with van der Waals surface area (Å²) in [5.74, 6) is -0.570. The predicted molar refractivity (Wildman–Crippen MR) is 93.8 cm³/mol. The van der Waals surface area contributed by atoms with Gasteiger partial charge in [0.25, 0.3) is 5.91 Å². The van der Waals surface area contributed by atoms with Gasteiger partial charge in [0, 0.05) is 22.5 Å². The highest BCUT2D eigenvalue weighted by Gasteiger charge is 2.08. The van der Waals surface area contributed by atoms with Gasteiger partial charge in [0.15, 0.2) is 0 Å². The van der Waals surface area contributed by atoms with Crippen molar-refractivity contribution in [3.05, 3.63) is 82.8 Å². The molecule has 0 saturated carbocycles. The Hall–Kier alpha value is -2.72. The number of anilines is 1. The number of amides is 1. The topological polar surface area (TPSA) is 42.0 Å². The van der Waals surface area contributed by atoms with Crippen LogP contribution in [-0.2, 0) is 0 Å². The van der Waals surface area contributed by atoms with E-state index in [0.717, 1.165) is 11.1 Å². The molecule has 0 spiro atoms. The first-order chi connectivity index (χ1) is 11.5. The van der Waals surface area contributed by atoms with E-state index in [1.54, 1.807) is 36.4 Å². The molecule has 0 aliphatic carbocycles. The highest BCUT2D eigenvalue weighted by Crippen LogP contribution is 2.21. The highest BCUT2D eigenvalue weighted by molar-refractivity contribution is 6.31. The van der Waals surface area contributed by atoms with Gasteiger partial charge in [-0.2, -0.15) is 0 Å². The van der Waals surface area contributed by atoms with E-state index in [9.17, 15) is 9.18 Å². The molecule has 3 aromatic rings. The lowest BCUT2D eigenvalue weighted by Crippen LogP contribution is -2.12. The Bertz CT molecular complexity index is 877. The Morgan fingerprint density at radius 3 is 2.46 bits per heavy atom. The smallest absolute Gasteiger partial charge is 0.257 e. The molecular weight excluding hydrogens is 327 g/mol. The zero-order valence-electron chi connectivity index (χ0n) is 12.9. The minimum Gasteiger partial charge on any atom is -0.322 e. The van der Waals surface area contributed by atoms with Gasteiger partial charge >= 0.3 is 0 Å². The van der Waals surface area contributed by atoms with Crippen molar-refractivity contribution in [1.29, 1.82) is 0 Å². The summed E-state index contributed by atoms with van der Waals surface area (Å²) in [6.45, 7) is 1.89. The van der Waals surface area contributed by atoms with E-state index in [4.69, 9.17) is 11.6 Å². The van der Waals surface area contributed by atoms with Crippen LogP contribution in [0.2, 0.25) is 5.02 Å². The molecule has 1 amide bonds. The molecule has 3 nitrogen and oxygen atoms in total. The standard InChI is InChI=1S/C19H14ClFN2O/c1-12-2-8-16(10-17(12)20)23-19(24)14-5-9-18(22-11-14)13-3-6-15(21)7-4-13/h2-11H,1H3,(H,23,24). The molecule has 1 heterocycles. The second kappa shape index (κ2) is 6.81. The largest absolute Gasteiger partial charge is 0.322 e. The van der Waals surface area contributed by atoms with Gasteiger partial charge in [0.1, 0.15) is 5.82 Å². The first kappa shape index (κ1) is 16.1. The van der Waals surface area contributed by atoms with Gasteiger partial charge in [-0.05, 0) is 61.0 Å². The third-order valence-corrected chi connectivity index (χ3v) is 4.00. The van der Waals surface area contributed by atoms with Crippen LogP contribution in [0, 0.1) is 12.7 Å². The second-order valence-corrected chi connectivity index (χ2v) is 5.76. The van der Waals surface area contributed by atoms with Crippen LogP contribution in [-0.4, -0.2) is 10.9 Å². The zero-order chi connectivity index (χ0) is 17.1. The number of aromatic nitrogens is 1. The molecule has 5 heteroatoms. The van der Waals surface area contributed by atoms with Crippen molar-refractivity contribution in [3.63, 3.8) is 0 Å². The van der Waals surface area contributed by atoms with E-state index in [1.807, 2.05) is 13.0 Å². The van der Waals surface area contributed by atoms with Crippen LogP contribution in [0.5, 0.6) is 0 Å². The van der Waals surface area contributed by atoms with Crippen LogP contribution in [0.4, 0.5) is 10.1 Å². The fourth-order valence-corrected chi connectivity index (χ4v) is 2.37. The van der Waals surface area contributed by atoms with Gasteiger partial charge in [-0.25, -0.2) is 4.39 Å². The Labute approximate surface area is 144 Å². The van der Waals surface area contributed by atoms with Gasteiger partial charge < -0.3 is 5.32 Å². The quantitative estimate of drug-likeness (QED) is 0.720. The number of nitrogens with one attached hydrogen (secondary N) is 1. The molecule has 1 aromatic heterocycles. The number of hydrogen-bond donors (Lipinski definition) is 1. The predicted octanol–water partition coefficient (Wildman–Crippen LogP) is 5.10. The first-order valence-corrected chi connectivity index (χ1v) is 7.70. The maximum Gasteiger partial charge on any atom is 0.257 e. The molecule has 0 saturated heterocycles. The van der Waals surface area contributed by atoms with Gasteiger partial charge in [-0.3, -0.25) is 9.78 Å². The minimum atomic E-state index is -0.300. The summed E-state index contributed by atoms with van der Waals surface area (Å²) in [6, 6.07) is 14.8. The van der Waals surface area contributed by atoms with Crippen LogP contribution in [0.25, 0.3) is 11.3 Å². The summed E-state index contributed by atoms with van der Waals surface area (Å²) < 4.78 is 12.9. The van der Waals surface area contributed by atoms with Crippen LogP contribution in [0.15, 0.2) is 60.8 Å². The summed E-state index contributed by atoms with van der Waals surface area (Å²) in [5, 5.41) is 3.37. The number of halogens is 2. The molecule has 0 aliphatic heterocycles. The summed E-state index contributed by atoms with van der Waals surface area (Å²) in [4.78, 5) is 16.5. The maximum absolute atomic E-state index is 12.9.